The molecule has 1 unspecified atom stereocenters. The van der Waals surface area contributed by atoms with E-state index in [0.29, 0.717) is 6.54 Å². The van der Waals surface area contributed by atoms with E-state index in [-0.39, 0.29) is 11.9 Å². The second-order valence-electron chi connectivity index (χ2n) is 2.81. The van der Waals surface area contributed by atoms with E-state index in [1.807, 2.05) is 13.0 Å². The van der Waals surface area contributed by atoms with Gasteiger partial charge in [0.2, 0.25) is 0 Å². The molecule has 0 fully saturated rings. The highest BCUT2D eigenvalue weighted by atomic mass is 19.1. The van der Waals surface area contributed by atoms with E-state index in [1.54, 1.807) is 12.1 Å². The first-order chi connectivity index (χ1) is 6.24. The largest absolute Gasteiger partial charge is 0.298 e. The van der Waals surface area contributed by atoms with Gasteiger partial charge in [-0.25, -0.2) is 4.39 Å². The van der Waals surface area contributed by atoms with Crippen molar-refractivity contribution in [3.05, 3.63) is 35.6 Å². The van der Waals surface area contributed by atoms with Gasteiger partial charge in [-0.2, -0.15) is 5.26 Å². The molecular weight excluding hydrogens is 167 g/mol. The van der Waals surface area contributed by atoms with E-state index in [9.17, 15) is 4.39 Å². The lowest BCUT2D eigenvalue weighted by Gasteiger charge is -2.10. The van der Waals surface area contributed by atoms with E-state index in [0.717, 1.165) is 5.56 Å². The van der Waals surface area contributed by atoms with Crippen molar-refractivity contribution in [3.63, 3.8) is 0 Å². The third-order valence-corrected chi connectivity index (χ3v) is 1.86. The summed E-state index contributed by atoms with van der Waals surface area (Å²) in [6.07, 6.45) is 0. The van der Waals surface area contributed by atoms with Gasteiger partial charge in [-0.05, 0) is 24.6 Å². The molecule has 0 radical (unpaired) electrons. The molecule has 1 N–H and O–H groups in total. The smallest absolute Gasteiger partial charge is 0.123 e. The molecule has 0 amide bonds. The molecule has 13 heavy (non-hydrogen) atoms. The monoisotopic (exact) mass is 178 g/mol. The van der Waals surface area contributed by atoms with Gasteiger partial charge < -0.3 is 0 Å². The van der Waals surface area contributed by atoms with Crippen molar-refractivity contribution in [2.24, 2.45) is 0 Å². The van der Waals surface area contributed by atoms with E-state index >= 15 is 0 Å². The first kappa shape index (κ1) is 9.69. The summed E-state index contributed by atoms with van der Waals surface area (Å²) in [5.74, 6) is -0.240. The van der Waals surface area contributed by atoms with Crippen LogP contribution >= 0.6 is 0 Å². The maximum Gasteiger partial charge on any atom is 0.123 e. The van der Waals surface area contributed by atoms with Gasteiger partial charge in [0.05, 0.1) is 12.6 Å². The van der Waals surface area contributed by atoms with Gasteiger partial charge in [0, 0.05) is 6.04 Å². The Bertz CT molecular complexity index is 300. The third kappa shape index (κ3) is 2.85. The maximum absolute atomic E-state index is 12.5. The Morgan fingerprint density at radius 3 is 2.62 bits per heavy atom. The van der Waals surface area contributed by atoms with Crippen molar-refractivity contribution in [3.8, 4) is 6.07 Å². The van der Waals surface area contributed by atoms with Crippen LogP contribution in [0, 0.1) is 17.1 Å². The standard InChI is InChI=1S/C10H11FN2/c1-8(13-7-6-12)9-2-4-10(11)5-3-9/h2-5,8,13H,7H2,1H3. The van der Waals surface area contributed by atoms with Crippen LogP contribution in [0.15, 0.2) is 24.3 Å². The zero-order chi connectivity index (χ0) is 9.68. The molecule has 1 atom stereocenters. The molecule has 0 saturated heterocycles. The van der Waals surface area contributed by atoms with Crippen molar-refractivity contribution in [2.45, 2.75) is 13.0 Å². The SMILES string of the molecule is CC(NCC#N)c1ccc(F)cc1. The zero-order valence-electron chi connectivity index (χ0n) is 7.42. The van der Waals surface area contributed by atoms with Gasteiger partial charge >= 0.3 is 0 Å². The average Bonchev–Trinajstić information content (AvgIpc) is 2.15. The number of nitrogens with one attached hydrogen (secondary N) is 1. The Morgan fingerprint density at radius 2 is 2.08 bits per heavy atom. The van der Waals surface area contributed by atoms with Crippen LogP contribution in [0.2, 0.25) is 0 Å². The first-order valence-corrected chi connectivity index (χ1v) is 4.10. The first-order valence-electron chi connectivity index (χ1n) is 4.10. The third-order valence-electron chi connectivity index (χ3n) is 1.86. The van der Waals surface area contributed by atoms with E-state index in [2.05, 4.69) is 5.32 Å². The van der Waals surface area contributed by atoms with E-state index in [1.165, 1.54) is 12.1 Å². The Kier molecular flexibility index (Phi) is 3.41. The van der Waals surface area contributed by atoms with Crippen LogP contribution in [0.4, 0.5) is 4.39 Å². The number of rotatable bonds is 3. The van der Waals surface area contributed by atoms with Crippen LogP contribution in [0.1, 0.15) is 18.5 Å². The molecule has 0 aliphatic carbocycles. The number of hydrogen-bond acceptors (Lipinski definition) is 2. The summed E-state index contributed by atoms with van der Waals surface area (Å²) in [4.78, 5) is 0. The Balaban J connectivity index is 2.62. The molecule has 68 valence electrons. The number of nitriles is 1. The van der Waals surface area contributed by atoms with Crippen molar-refractivity contribution in [1.29, 1.82) is 5.26 Å². The minimum atomic E-state index is -0.240. The average molecular weight is 178 g/mol. The lowest BCUT2D eigenvalue weighted by molar-refractivity contribution is 0.608. The van der Waals surface area contributed by atoms with Crippen LogP contribution in [-0.2, 0) is 0 Å². The highest BCUT2D eigenvalue weighted by Crippen LogP contribution is 2.11. The summed E-state index contributed by atoms with van der Waals surface area (Å²) < 4.78 is 12.5. The number of hydrogen-bond donors (Lipinski definition) is 1. The minimum absolute atomic E-state index is 0.0836. The molecule has 0 bridgehead atoms. The molecular formula is C10H11FN2. The van der Waals surface area contributed by atoms with Crippen molar-refractivity contribution < 1.29 is 4.39 Å². The predicted molar refractivity (Wildman–Crippen MR) is 48.4 cm³/mol. The molecule has 0 heterocycles. The molecule has 0 aliphatic heterocycles. The van der Waals surface area contributed by atoms with Crippen LogP contribution < -0.4 is 5.32 Å². The molecule has 3 heteroatoms. The van der Waals surface area contributed by atoms with Crippen LogP contribution in [0.25, 0.3) is 0 Å². The lowest BCUT2D eigenvalue weighted by Crippen LogP contribution is -2.18. The van der Waals surface area contributed by atoms with Crippen molar-refractivity contribution >= 4 is 0 Å². The molecule has 1 rings (SSSR count). The van der Waals surface area contributed by atoms with Crippen LogP contribution in [0.5, 0.6) is 0 Å². The van der Waals surface area contributed by atoms with Gasteiger partial charge in [0.15, 0.2) is 0 Å². The summed E-state index contributed by atoms with van der Waals surface area (Å²) >= 11 is 0. The fourth-order valence-electron chi connectivity index (χ4n) is 1.07. The Morgan fingerprint density at radius 1 is 1.46 bits per heavy atom. The number of halogens is 1. The molecule has 0 aliphatic rings. The Hall–Kier alpha value is -1.40. The van der Waals surface area contributed by atoms with Gasteiger partial charge in [0.25, 0.3) is 0 Å². The quantitative estimate of drug-likeness (QED) is 0.718. The molecule has 1 aromatic carbocycles. The summed E-state index contributed by atoms with van der Waals surface area (Å²) in [5.41, 5.74) is 0.983. The Labute approximate surface area is 77.0 Å². The fourth-order valence-corrected chi connectivity index (χ4v) is 1.07. The second kappa shape index (κ2) is 4.58. The summed E-state index contributed by atoms with van der Waals surface area (Å²) in [6, 6.07) is 8.34. The maximum atomic E-state index is 12.5. The highest BCUT2D eigenvalue weighted by molar-refractivity contribution is 5.19. The normalized spacial score (nSPS) is 12.1. The predicted octanol–water partition coefficient (Wildman–Crippen LogP) is 2.00. The summed E-state index contributed by atoms with van der Waals surface area (Å²) in [7, 11) is 0. The summed E-state index contributed by atoms with van der Waals surface area (Å²) in [6.45, 7) is 2.24. The van der Waals surface area contributed by atoms with Gasteiger partial charge in [-0.3, -0.25) is 5.32 Å². The molecule has 2 nitrogen and oxygen atoms in total. The zero-order valence-corrected chi connectivity index (χ0v) is 7.42. The molecule has 1 aromatic rings. The molecule has 0 saturated carbocycles. The lowest BCUT2D eigenvalue weighted by atomic mass is 10.1. The molecule has 0 spiro atoms. The fraction of sp³-hybridized carbons (Fsp3) is 0.300. The van der Waals surface area contributed by atoms with E-state index in [4.69, 9.17) is 5.26 Å². The van der Waals surface area contributed by atoms with Crippen molar-refractivity contribution in [2.75, 3.05) is 6.54 Å². The van der Waals surface area contributed by atoms with Crippen LogP contribution in [-0.4, -0.2) is 6.54 Å². The second-order valence-corrected chi connectivity index (χ2v) is 2.81. The van der Waals surface area contributed by atoms with Gasteiger partial charge in [0.1, 0.15) is 5.82 Å². The topological polar surface area (TPSA) is 35.8 Å². The molecule has 0 aromatic heterocycles. The number of benzene rings is 1. The van der Waals surface area contributed by atoms with E-state index < -0.39 is 0 Å². The number of nitrogens with zero attached hydrogens (tertiary/aromatic N) is 1. The van der Waals surface area contributed by atoms with Crippen molar-refractivity contribution in [1.82, 2.24) is 5.32 Å². The van der Waals surface area contributed by atoms with Gasteiger partial charge in [-0.1, -0.05) is 12.1 Å². The van der Waals surface area contributed by atoms with Crippen LogP contribution in [0.3, 0.4) is 0 Å². The highest BCUT2D eigenvalue weighted by Gasteiger charge is 2.02. The summed E-state index contributed by atoms with van der Waals surface area (Å²) in [5, 5.41) is 11.3. The minimum Gasteiger partial charge on any atom is -0.298 e. The van der Waals surface area contributed by atoms with Gasteiger partial charge in [-0.15, -0.1) is 0 Å².